The lowest BCUT2D eigenvalue weighted by Gasteiger charge is -2.28. The lowest BCUT2D eigenvalue weighted by Crippen LogP contribution is -2.37. The molecule has 0 amide bonds. The molecule has 0 radical (unpaired) electrons. The third kappa shape index (κ3) is 5.30. The molecule has 28 heavy (non-hydrogen) atoms. The lowest BCUT2D eigenvalue weighted by atomic mass is 10.1. The number of nitro groups is 1. The first-order valence-electron chi connectivity index (χ1n) is 9.17. The molecule has 1 atom stereocenters. The van der Waals surface area contributed by atoms with Gasteiger partial charge in [0.05, 0.1) is 23.5 Å². The first-order chi connectivity index (χ1) is 13.4. The van der Waals surface area contributed by atoms with Crippen molar-refractivity contribution in [2.24, 2.45) is 0 Å². The van der Waals surface area contributed by atoms with Gasteiger partial charge in [-0.25, -0.2) is 8.42 Å². The molecule has 0 saturated carbocycles. The summed E-state index contributed by atoms with van der Waals surface area (Å²) >= 11 is 0. The smallest absolute Gasteiger partial charge is 0.269 e. The Labute approximate surface area is 165 Å². The third-order valence-corrected chi connectivity index (χ3v) is 6.85. The zero-order valence-corrected chi connectivity index (χ0v) is 16.6. The Morgan fingerprint density at radius 1 is 1.11 bits per heavy atom. The standard InChI is InChI=1S/C20H24N2O5S/c1-27-20-8-4-17(5-9-20)14-21(19-11-13-28(25,26)15-19)12-10-16-2-6-18(7-3-16)22(23)24/h2-9,19H,10-15H2,1H3. The molecule has 7 nitrogen and oxygen atoms in total. The van der Waals surface area contributed by atoms with E-state index in [1.54, 1.807) is 19.2 Å². The van der Waals surface area contributed by atoms with Crippen molar-refractivity contribution >= 4 is 15.5 Å². The zero-order valence-electron chi connectivity index (χ0n) is 15.8. The summed E-state index contributed by atoms with van der Waals surface area (Å²) in [6, 6.07) is 14.3. The van der Waals surface area contributed by atoms with Gasteiger partial charge in [-0.05, 0) is 36.1 Å². The van der Waals surface area contributed by atoms with Gasteiger partial charge in [0.15, 0.2) is 9.84 Å². The fourth-order valence-corrected chi connectivity index (χ4v) is 5.24. The second-order valence-electron chi connectivity index (χ2n) is 7.05. The summed E-state index contributed by atoms with van der Waals surface area (Å²) in [5.74, 6) is 1.20. The molecule has 1 heterocycles. The molecular formula is C20H24N2O5S. The van der Waals surface area contributed by atoms with Gasteiger partial charge >= 0.3 is 0 Å². The molecule has 1 unspecified atom stereocenters. The van der Waals surface area contributed by atoms with Crippen LogP contribution < -0.4 is 4.74 Å². The van der Waals surface area contributed by atoms with Crippen molar-refractivity contribution in [1.82, 2.24) is 4.90 Å². The summed E-state index contributed by atoms with van der Waals surface area (Å²) in [7, 11) is -1.36. The fourth-order valence-electron chi connectivity index (χ4n) is 3.48. The number of non-ortho nitro benzene ring substituents is 1. The molecule has 0 aliphatic carbocycles. The van der Waals surface area contributed by atoms with Crippen molar-refractivity contribution in [3.63, 3.8) is 0 Å². The number of methoxy groups -OCH3 is 1. The first-order valence-corrected chi connectivity index (χ1v) is 11.0. The molecule has 1 aliphatic rings. The molecule has 0 bridgehead atoms. The van der Waals surface area contributed by atoms with Gasteiger partial charge in [-0.15, -0.1) is 0 Å². The van der Waals surface area contributed by atoms with Gasteiger partial charge in [-0.2, -0.15) is 0 Å². The van der Waals surface area contributed by atoms with E-state index in [1.807, 2.05) is 24.3 Å². The number of ether oxygens (including phenoxy) is 1. The molecule has 3 rings (SSSR count). The normalized spacial score (nSPS) is 18.3. The van der Waals surface area contributed by atoms with Crippen LogP contribution in [0.3, 0.4) is 0 Å². The maximum atomic E-state index is 11.9. The van der Waals surface area contributed by atoms with Crippen LogP contribution in [0.15, 0.2) is 48.5 Å². The van der Waals surface area contributed by atoms with E-state index in [-0.39, 0.29) is 23.2 Å². The van der Waals surface area contributed by atoms with Crippen molar-refractivity contribution in [3.05, 3.63) is 69.8 Å². The van der Waals surface area contributed by atoms with Gasteiger partial charge in [0.2, 0.25) is 0 Å². The molecule has 2 aromatic carbocycles. The molecule has 150 valence electrons. The molecule has 2 aromatic rings. The van der Waals surface area contributed by atoms with Crippen LogP contribution in [0.25, 0.3) is 0 Å². The van der Waals surface area contributed by atoms with Gasteiger partial charge in [-0.3, -0.25) is 15.0 Å². The Bertz CT molecular complexity index is 911. The average molecular weight is 404 g/mol. The molecule has 1 aliphatic heterocycles. The van der Waals surface area contributed by atoms with Crippen molar-refractivity contribution in [1.29, 1.82) is 0 Å². The van der Waals surface area contributed by atoms with Crippen molar-refractivity contribution < 1.29 is 18.1 Å². The summed E-state index contributed by atoms with van der Waals surface area (Å²) in [5.41, 5.74) is 2.15. The average Bonchev–Trinajstić information content (AvgIpc) is 3.05. The van der Waals surface area contributed by atoms with E-state index < -0.39 is 14.8 Å². The highest BCUT2D eigenvalue weighted by Gasteiger charge is 2.32. The Morgan fingerprint density at radius 3 is 2.29 bits per heavy atom. The van der Waals surface area contributed by atoms with E-state index in [1.165, 1.54) is 12.1 Å². The van der Waals surface area contributed by atoms with Gasteiger partial charge in [0.1, 0.15) is 5.75 Å². The van der Waals surface area contributed by atoms with E-state index in [0.29, 0.717) is 25.9 Å². The molecule has 0 spiro atoms. The van der Waals surface area contributed by atoms with Crippen LogP contribution in [-0.2, 0) is 22.8 Å². The topological polar surface area (TPSA) is 89.8 Å². The van der Waals surface area contributed by atoms with Crippen molar-refractivity contribution in [3.8, 4) is 5.75 Å². The third-order valence-electron chi connectivity index (χ3n) is 5.10. The van der Waals surface area contributed by atoms with E-state index >= 15 is 0 Å². The quantitative estimate of drug-likeness (QED) is 0.496. The van der Waals surface area contributed by atoms with E-state index in [0.717, 1.165) is 16.9 Å². The Morgan fingerprint density at radius 2 is 1.75 bits per heavy atom. The van der Waals surface area contributed by atoms with Gasteiger partial charge in [0.25, 0.3) is 5.69 Å². The number of rotatable bonds is 8. The predicted octanol–water partition coefficient (Wildman–Crippen LogP) is 2.84. The second-order valence-corrected chi connectivity index (χ2v) is 9.28. The van der Waals surface area contributed by atoms with Crippen molar-refractivity contribution in [2.75, 3.05) is 25.2 Å². The maximum Gasteiger partial charge on any atom is 0.269 e. The van der Waals surface area contributed by atoms with Crippen LogP contribution in [0.2, 0.25) is 0 Å². The molecule has 0 N–H and O–H groups in total. The number of nitro benzene ring substituents is 1. The summed E-state index contributed by atoms with van der Waals surface area (Å²) in [6.45, 7) is 1.33. The van der Waals surface area contributed by atoms with Crippen LogP contribution >= 0.6 is 0 Å². The Balaban J connectivity index is 1.70. The number of sulfone groups is 1. The first kappa shape index (κ1) is 20.3. The molecule has 0 aromatic heterocycles. The number of hydrogen-bond donors (Lipinski definition) is 0. The number of hydrogen-bond acceptors (Lipinski definition) is 6. The van der Waals surface area contributed by atoms with E-state index in [9.17, 15) is 18.5 Å². The summed E-state index contributed by atoms with van der Waals surface area (Å²) in [6.07, 6.45) is 1.34. The minimum Gasteiger partial charge on any atom is -0.497 e. The zero-order chi connectivity index (χ0) is 20.1. The van der Waals surface area contributed by atoms with Gasteiger partial charge in [0, 0.05) is 31.3 Å². The maximum absolute atomic E-state index is 11.9. The van der Waals surface area contributed by atoms with E-state index in [2.05, 4.69) is 4.90 Å². The Kier molecular flexibility index (Phi) is 6.31. The largest absolute Gasteiger partial charge is 0.497 e. The van der Waals surface area contributed by atoms with Crippen LogP contribution in [0, 0.1) is 10.1 Å². The summed E-state index contributed by atoms with van der Waals surface area (Å²) < 4.78 is 29.1. The fraction of sp³-hybridized carbons (Fsp3) is 0.400. The highest BCUT2D eigenvalue weighted by Crippen LogP contribution is 2.22. The van der Waals surface area contributed by atoms with Crippen LogP contribution in [0.5, 0.6) is 5.75 Å². The van der Waals surface area contributed by atoms with E-state index in [4.69, 9.17) is 4.74 Å². The number of benzene rings is 2. The van der Waals surface area contributed by atoms with Crippen LogP contribution in [0.4, 0.5) is 5.69 Å². The minimum absolute atomic E-state index is 0.00912. The van der Waals surface area contributed by atoms with Crippen LogP contribution in [-0.4, -0.2) is 49.4 Å². The summed E-state index contributed by atoms with van der Waals surface area (Å²) in [5, 5.41) is 10.8. The highest BCUT2D eigenvalue weighted by molar-refractivity contribution is 7.91. The van der Waals surface area contributed by atoms with Gasteiger partial charge in [-0.1, -0.05) is 24.3 Å². The number of nitrogens with zero attached hydrogens (tertiary/aromatic N) is 2. The van der Waals surface area contributed by atoms with Crippen LogP contribution in [0.1, 0.15) is 17.5 Å². The predicted molar refractivity (Wildman–Crippen MR) is 107 cm³/mol. The van der Waals surface area contributed by atoms with Crippen molar-refractivity contribution in [2.45, 2.75) is 25.4 Å². The molecule has 1 fully saturated rings. The monoisotopic (exact) mass is 404 g/mol. The molecular weight excluding hydrogens is 380 g/mol. The minimum atomic E-state index is -2.98. The molecule has 8 heteroatoms. The molecule has 1 saturated heterocycles. The summed E-state index contributed by atoms with van der Waals surface area (Å²) in [4.78, 5) is 12.6. The SMILES string of the molecule is COc1ccc(CN(CCc2ccc([N+](=O)[O-])cc2)C2CCS(=O)(=O)C2)cc1. The Hall–Kier alpha value is -2.45. The lowest BCUT2D eigenvalue weighted by molar-refractivity contribution is -0.384. The van der Waals surface area contributed by atoms with Gasteiger partial charge < -0.3 is 4.74 Å². The highest BCUT2D eigenvalue weighted by atomic mass is 32.2. The second kappa shape index (κ2) is 8.70.